The van der Waals surface area contributed by atoms with E-state index in [1.807, 2.05) is 6.92 Å². The number of alkyl carbamates (subject to hydrolysis) is 1. The van der Waals surface area contributed by atoms with Gasteiger partial charge in [0.1, 0.15) is 30.0 Å². The molecule has 3 amide bonds. The standard InChI is InChI=1S/C31H39N3O7/c1-8-20(3)34(27(28(37)32-19-26(36)40-7)23-14-10-21(9-2)11-15-23)29(38)25(33-30(39)41-31(4,5)6)18-22-12-16-24(35)17-13-22/h2,10-17,20,25,27,35H,8,18-19H2,1,3-7H3,(H,32,37)(H,33,39). The number of amides is 3. The van der Waals surface area contributed by atoms with Crippen molar-refractivity contribution in [3.8, 4) is 18.1 Å². The smallest absolute Gasteiger partial charge is 0.408 e. The summed E-state index contributed by atoms with van der Waals surface area (Å²) < 4.78 is 10.1. The first-order valence-electron chi connectivity index (χ1n) is 13.3. The molecule has 0 radical (unpaired) electrons. The van der Waals surface area contributed by atoms with Crippen molar-refractivity contribution >= 4 is 23.9 Å². The topological polar surface area (TPSA) is 134 Å². The van der Waals surface area contributed by atoms with Crippen LogP contribution in [0.4, 0.5) is 4.79 Å². The highest BCUT2D eigenvalue weighted by Gasteiger charge is 2.38. The Labute approximate surface area is 241 Å². The predicted molar refractivity (Wildman–Crippen MR) is 154 cm³/mol. The molecule has 0 saturated carbocycles. The summed E-state index contributed by atoms with van der Waals surface area (Å²) in [5.74, 6) is 0.764. The fraction of sp³-hybridized carbons (Fsp3) is 0.419. The van der Waals surface area contributed by atoms with Crippen LogP contribution in [0, 0.1) is 12.3 Å². The molecule has 0 aliphatic carbocycles. The quantitative estimate of drug-likeness (QED) is 0.281. The van der Waals surface area contributed by atoms with Gasteiger partial charge in [-0.1, -0.05) is 37.1 Å². The summed E-state index contributed by atoms with van der Waals surface area (Å²) in [6.07, 6.45) is 5.24. The number of methoxy groups -OCH3 is 1. The zero-order chi connectivity index (χ0) is 30.7. The minimum Gasteiger partial charge on any atom is -0.508 e. The molecular formula is C31H39N3O7. The maximum absolute atomic E-state index is 14.4. The van der Waals surface area contributed by atoms with Gasteiger partial charge in [-0.05, 0) is 69.5 Å². The van der Waals surface area contributed by atoms with Gasteiger partial charge in [0.15, 0.2) is 0 Å². The van der Waals surface area contributed by atoms with Crippen LogP contribution in [0.15, 0.2) is 48.5 Å². The highest BCUT2D eigenvalue weighted by molar-refractivity contribution is 5.93. The molecule has 41 heavy (non-hydrogen) atoms. The Bertz CT molecular complexity index is 1240. The Hall–Kier alpha value is -4.52. The third kappa shape index (κ3) is 9.87. The zero-order valence-electron chi connectivity index (χ0n) is 24.4. The minimum atomic E-state index is -1.17. The van der Waals surface area contributed by atoms with Crippen molar-refractivity contribution in [1.82, 2.24) is 15.5 Å². The molecule has 0 aliphatic rings. The molecule has 2 aromatic carbocycles. The number of ether oxygens (including phenoxy) is 2. The summed E-state index contributed by atoms with van der Waals surface area (Å²) >= 11 is 0. The van der Waals surface area contributed by atoms with Gasteiger partial charge in [-0.3, -0.25) is 14.4 Å². The first kappa shape index (κ1) is 32.7. The molecule has 0 heterocycles. The predicted octanol–water partition coefficient (Wildman–Crippen LogP) is 3.47. The molecule has 2 aromatic rings. The maximum atomic E-state index is 14.4. The number of nitrogens with one attached hydrogen (secondary N) is 2. The third-order valence-electron chi connectivity index (χ3n) is 6.24. The van der Waals surface area contributed by atoms with Crippen molar-refractivity contribution in [2.75, 3.05) is 13.7 Å². The van der Waals surface area contributed by atoms with Crippen LogP contribution in [-0.2, 0) is 30.3 Å². The lowest BCUT2D eigenvalue weighted by molar-refractivity contribution is -0.146. The van der Waals surface area contributed by atoms with Gasteiger partial charge in [0.25, 0.3) is 0 Å². The van der Waals surface area contributed by atoms with Gasteiger partial charge >= 0.3 is 12.1 Å². The number of hydrogen-bond donors (Lipinski definition) is 3. The van der Waals surface area contributed by atoms with Crippen LogP contribution in [0.1, 0.15) is 63.8 Å². The van der Waals surface area contributed by atoms with Crippen LogP contribution < -0.4 is 10.6 Å². The van der Waals surface area contributed by atoms with Gasteiger partial charge in [-0.25, -0.2) is 4.79 Å². The van der Waals surface area contributed by atoms with Crippen molar-refractivity contribution in [3.63, 3.8) is 0 Å². The number of hydrogen-bond acceptors (Lipinski definition) is 7. The average molecular weight is 566 g/mol. The number of carbonyl (C=O) groups is 4. The molecule has 3 N–H and O–H groups in total. The van der Waals surface area contributed by atoms with Gasteiger partial charge in [0.05, 0.1) is 7.11 Å². The van der Waals surface area contributed by atoms with E-state index >= 15 is 0 Å². The lowest BCUT2D eigenvalue weighted by atomic mass is 9.97. The largest absolute Gasteiger partial charge is 0.508 e. The van der Waals surface area contributed by atoms with Gasteiger partial charge in [0.2, 0.25) is 11.8 Å². The second-order valence-corrected chi connectivity index (χ2v) is 10.5. The molecule has 3 unspecified atom stereocenters. The molecule has 2 rings (SSSR count). The van der Waals surface area contributed by atoms with E-state index in [2.05, 4.69) is 21.3 Å². The second kappa shape index (κ2) is 14.7. The van der Waals surface area contributed by atoms with E-state index in [0.717, 1.165) is 0 Å². The SMILES string of the molecule is C#Cc1ccc(C(C(=O)NCC(=O)OC)N(C(=O)C(Cc2ccc(O)cc2)NC(=O)OC(C)(C)C)C(C)CC)cc1. The lowest BCUT2D eigenvalue weighted by Crippen LogP contribution is -2.56. The van der Waals surface area contributed by atoms with Gasteiger partial charge in [0, 0.05) is 18.0 Å². The molecule has 10 heteroatoms. The van der Waals surface area contributed by atoms with Gasteiger partial charge in [-0.15, -0.1) is 6.42 Å². The fourth-order valence-corrected chi connectivity index (χ4v) is 4.02. The van der Waals surface area contributed by atoms with Crippen LogP contribution in [0.3, 0.4) is 0 Å². The minimum absolute atomic E-state index is 0.0516. The highest BCUT2D eigenvalue weighted by atomic mass is 16.6. The van der Waals surface area contributed by atoms with Crippen LogP contribution in [0.5, 0.6) is 5.75 Å². The zero-order valence-corrected chi connectivity index (χ0v) is 24.4. The molecule has 0 spiro atoms. The Morgan fingerprint density at radius 1 is 1.05 bits per heavy atom. The molecule has 220 valence electrons. The van der Waals surface area contributed by atoms with Crippen molar-refractivity contribution in [3.05, 3.63) is 65.2 Å². The number of carbonyl (C=O) groups excluding carboxylic acids is 4. The molecule has 3 atom stereocenters. The maximum Gasteiger partial charge on any atom is 0.408 e. The van der Waals surface area contributed by atoms with E-state index in [1.165, 1.54) is 24.1 Å². The summed E-state index contributed by atoms with van der Waals surface area (Å²) in [4.78, 5) is 54.0. The van der Waals surface area contributed by atoms with E-state index < -0.39 is 54.1 Å². The molecule has 0 saturated heterocycles. The molecule has 0 aliphatic heterocycles. The Morgan fingerprint density at radius 2 is 1.66 bits per heavy atom. The Morgan fingerprint density at radius 3 is 2.17 bits per heavy atom. The van der Waals surface area contributed by atoms with Crippen molar-refractivity contribution in [1.29, 1.82) is 0 Å². The fourth-order valence-electron chi connectivity index (χ4n) is 4.02. The summed E-state index contributed by atoms with van der Waals surface area (Å²) in [7, 11) is 1.20. The number of benzene rings is 2. The summed E-state index contributed by atoms with van der Waals surface area (Å²) in [5.41, 5.74) is 0.884. The Balaban J connectivity index is 2.59. The van der Waals surface area contributed by atoms with Crippen LogP contribution in [0.25, 0.3) is 0 Å². The molecule has 0 fully saturated rings. The average Bonchev–Trinajstić information content (AvgIpc) is 2.93. The molecule has 0 aromatic heterocycles. The number of terminal acetylenes is 1. The second-order valence-electron chi connectivity index (χ2n) is 10.5. The number of phenolic OH excluding ortho intramolecular Hbond substituents is 1. The first-order chi connectivity index (χ1) is 19.3. The molecule has 0 bridgehead atoms. The van der Waals surface area contributed by atoms with Crippen molar-refractivity contribution in [2.45, 2.75) is 71.2 Å². The summed E-state index contributed by atoms with van der Waals surface area (Å²) in [6, 6.07) is 10.1. The summed E-state index contributed by atoms with van der Waals surface area (Å²) in [6.45, 7) is 8.37. The number of rotatable bonds is 11. The third-order valence-corrected chi connectivity index (χ3v) is 6.24. The monoisotopic (exact) mass is 565 g/mol. The van der Waals surface area contributed by atoms with Gasteiger partial charge in [-0.2, -0.15) is 0 Å². The normalized spacial score (nSPS) is 13.1. The number of nitrogens with zero attached hydrogens (tertiary/aromatic N) is 1. The van der Waals surface area contributed by atoms with Crippen molar-refractivity contribution in [2.24, 2.45) is 0 Å². The van der Waals surface area contributed by atoms with E-state index in [1.54, 1.807) is 64.1 Å². The number of phenols is 1. The highest BCUT2D eigenvalue weighted by Crippen LogP contribution is 2.27. The van der Waals surface area contributed by atoms with Crippen LogP contribution >= 0.6 is 0 Å². The summed E-state index contributed by atoms with van der Waals surface area (Å²) in [5, 5.41) is 14.9. The Kier molecular flexibility index (Phi) is 11.8. The van der Waals surface area contributed by atoms with Gasteiger partial charge < -0.3 is 30.1 Å². The van der Waals surface area contributed by atoms with E-state index in [9.17, 15) is 24.3 Å². The number of esters is 1. The van der Waals surface area contributed by atoms with E-state index in [4.69, 9.17) is 11.2 Å². The van der Waals surface area contributed by atoms with Crippen molar-refractivity contribution < 1.29 is 33.8 Å². The molecular weight excluding hydrogens is 526 g/mol. The van der Waals surface area contributed by atoms with E-state index in [-0.39, 0.29) is 12.2 Å². The first-order valence-corrected chi connectivity index (χ1v) is 13.3. The van der Waals surface area contributed by atoms with Crippen LogP contribution in [-0.4, -0.2) is 65.2 Å². The van der Waals surface area contributed by atoms with Crippen LogP contribution in [0.2, 0.25) is 0 Å². The molecule has 10 nitrogen and oxygen atoms in total. The number of aromatic hydroxyl groups is 1. The lowest BCUT2D eigenvalue weighted by Gasteiger charge is -2.38. The van der Waals surface area contributed by atoms with E-state index in [0.29, 0.717) is 23.1 Å².